The molecule has 1 unspecified atom stereocenters. The van der Waals surface area contributed by atoms with Crippen LogP contribution in [0.2, 0.25) is 5.02 Å². The molecule has 22 nitrogen and oxygen atoms in total. The lowest BCUT2D eigenvalue weighted by Crippen LogP contribution is -2.68. The second-order valence-electron chi connectivity index (χ2n) is 27.0. The van der Waals surface area contributed by atoms with Gasteiger partial charge in [0, 0.05) is 61.3 Å². The maximum absolute atomic E-state index is 15.0. The Bertz CT molecular complexity index is 2810. The Balaban J connectivity index is 1.35. The van der Waals surface area contributed by atoms with E-state index in [1.807, 2.05) is 20.8 Å². The molecule has 508 valence electrons. The Labute approximate surface area is 539 Å². The van der Waals surface area contributed by atoms with E-state index in [4.69, 9.17) is 11.6 Å². The zero-order valence-corrected chi connectivity index (χ0v) is 55.9. The lowest BCUT2D eigenvalue weighted by Gasteiger charge is -2.46. The Morgan fingerprint density at radius 2 is 1.26 bits per heavy atom. The summed E-state index contributed by atoms with van der Waals surface area (Å²) in [5, 5.41) is 11.0. The van der Waals surface area contributed by atoms with E-state index >= 15 is 4.79 Å². The van der Waals surface area contributed by atoms with Crippen LogP contribution in [0, 0.1) is 23.7 Å². The molecule has 0 radical (unpaired) electrons. The number of benzene rings is 1. The van der Waals surface area contributed by atoms with E-state index in [1.165, 1.54) is 72.9 Å². The lowest BCUT2D eigenvalue weighted by molar-refractivity contribution is -0.152. The number of hydrogen-bond acceptors (Lipinski definition) is 11. The zero-order chi connectivity index (χ0) is 67.4. The van der Waals surface area contributed by atoms with Crippen LogP contribution in [-0.4, -0.2) is 216 Å². The SMILES string of the molecule is CC[C@H](C)[C@@H]1NC(=O)[C@H](CC(C)C)N(C)C(=O)C[C@@H](C)NC(=O)[C@H](C2CCCC2)N(C)C(=O)C2(CCC2)NC(=O)C2CCCN2C(=O)[C@H](CCc2ccc(C(F)(F)F)c(Cl)c2)NC(=O)CN(C)C(=O)[C@H](CC2CCCCC2)N(C)C(=O)CN(C)C(=O)CN(C)C1=O. The molecule has 3 aliphatic carbocycles. The van der Waals surface area contributed by atoms with Crippen molar-refractivity contribution in [2.75, 3.05) is 68.5 Å². The Morgan fingerprint density at radius 3 is 1.86 bits per heavy atom. The number of nitrogens with zero attached hydrogens (tertiary/aromatic N) is 7. The molecule has 5 fully saturated rings. The topological polar surface area (TPSA) is 259 Å². The monoisotopic (exact) mass is 1300 g/mol. The molecule has 26 heteroatoms. The first-order valence-electron chi connectivity index (χ1n) is 32.7. The maximum Gasteiger partial charge on any atom is 0.417 e. The Hall–Kier alpha value is -6.53. The van der Waals surface area contributed by atoms with E-state index in [1.54, 1.807) is 13.8 Å². The molecule has 3 saturated carbocycles. The van der Waals surface area contributed by atoms with Gasteiger partial charge in [0.15, 0.2) is 0 Å². The van der Waals surface area contributed by atoms with Gasteiger partial charge in [-0.25, -0.2) is 0 Å². The van der Waals surface area contributed by atoms with Gasteiger partial charge in [-0.3, -0.25) is 52.7 Å². The molecule has 1 spiro atoms. The average Bonchev–Trinajstić information content (AvgIpc) is 1.44. The molecule has 0 aromatic heterocycles. The molecule has 0 bridgehead atoms. The van der Waals surface area contributed by atoms with Crippen molar-refractivity contribution in [3.05, 3.63) is 34.3 Å². The first kappa shape index (κ1) is 73.5. The molecule has 2 heterocycles. The first-order chi connectivity index (χ1) is 42.8. The van der Waals surface area contributed by atoms with Gasteiger partial charge >= 0.3 is 6.18 Å². The smallest absolute Gasteiger partial charge is 0.351 e. The molecule has 4 N–H and O–H groups in total. The van der Waals surface area contributed by atoms with Gasteiger partial charge in [0.1, 0.15) is 41.8 Å². The van der Waals surface area contributed by atoms with Crippen LogP contribution < -0.4 is 21.3 Å². The molecule has 8 atom stereocenters. The normalized spacial score (nSPS) is 27.1. The largest absolute Gasteiger partial charge is 0.417 e. The van der Waals surface area contributed by atoms with Crippen LogP contribution >= 0.6 is 11.6 Å². The zero-order valence-electron chi connectivity index (χ0n) is 55.2. The number of nitrogens with one attached hydrogen (secondary N) is 4. The highest BCUT2D eigenvalue weighted by atomic mass is 35.5. The number of alkyl halides is 3. The first-order valence-corrected chi connectivity index (χ1v) is 33.1. The number of carbonyl (C=O) groups excluding carboxylic acids is 11. The Kier molecular flexibility index (Phi) is 26.1. The van der Waals surface area contributed by atoms with Gasteiger partial charge in [-0.2, -0.15) is 13.2 Å². The fraction of sp³-hybridized carbons (Fsp3) is 0.738. The van der Waals surface area contributed by atoms with Gasteiger partial charge in [-0.05, 0) is 119 Å². The second kappa shape index (κ2) is 32.4. The van der Waals surface area contributed by atoms with Crippen molar-refractivity contribution in [2.24, 2.45) is 23.7 Å². The molecule has 5 aliphatic rings. The number of amides is 11. The second-order valence-corrected chi connectivity index (χ2v) is 27.4. The molecule has 91 heavy (non-hydrogen) atoms. The van der Waals surface area contributed by atoms with Gasteiger partial charge in [0.25, 0.3) is 0 Å². The summed E-state index contributed by atoms with van der Waals surface area (Å²) in [5.74, 6) is -7.40. The summed E-state index contributed by atoms with van der Waals surface area (Å²) in [4.78, 5) is 168. The summed E-state index contributed by atoms with van der Waals surface area (Å²) in [5.41, 5.74) is -2.20. The standard InChI is InChI=1S/C65H99ClF3N11O11/c1-12-40(4)55-62(90)76(8)37-53(83)74(6)38-54(84)78(10)50(35-42-20-14-13-15-21-42)61(89)75(7)36-51(81)71-47(28-26-43-25-27-45(46(66)34-43)65(67,68)69)60(88)80-31-18-24-48(80)58(86)73-64(29-19-30-64)63(91)79(11)56(44-22-16-17-23-44)59(87)70-41(5)33-52(82)77(9)49(32-39(2)3)57(85)72-55/h25,27,34,39-42,44,47-50,55-56H,12-24,26,28-33,35-38H2,1-11H3,(H,70,87)(H,71,81)(H,72,85)(H,73,86)/t40-,41+,47-,48?,49-,50-,55-,56-/m0/s1. The van der Waals surface area contributed by atoms with Crippen molar-refractivity contribution in [2.45, 2.75) is 217 Å². The fourth-order valence-electron chi connectivity index (χ4n) is 13.6. The molecule has 2 saturated heterocycles. The summed E-state index contributed by atoms with van der Waals surface area (Å²) in [6.07, 6.45) is 4.54. The van der Waals surface area contributed by atoms with E-state index in [0.717, 1.165) is 66.9 Å². The van der Waals surface area contributed by atoms with Crippen LogP contribution in [0.3, 0.4) is 0 Å². The van der Waals surface area contributed by atoms with Crippen LogP contribution in [0.25, 0.3) is 0 Å². The van der Waals surface area contributed by atoms with Crippen molar-refractivity contribution in [3.63, 3.8) is 0 Å². The van der Waals surface area contributed by atoms with Crippen molar-refractivity contribution in [3.8, 4) is 0 Å². The minimum absolute atomic E-state index is 0.0362. The van der Waals surface area contributed by atoms with E-state index in [-0.39, 0.29) is 75.7 Å². The third kappa shape index (κ3) is 18.8. The quantitative estimate of drug-likeness (QED) is 0.234. The summed E-state index contributed by atoms with van der Waals surface area (Å²) in [7, 11) is 8.63. The number of rotatable bonds is 10. The van der Waals surface area contributed by atoms with E-state index in [2.05, 4.69) is 21.3 Å². The maximum atomic E-state index is 15.0. The molecule has 1 aromatic carbocycles. The van der Waals surface area contributed by atoms with Gasteiger partial charge in [-0.1, -0.05) is 96.7 Å². The summed E-state index contributed by atoms with van der Waals surface area (Å²) < 4.78 is 41.3. The van der Waals surface area contributed by atoms with Crippen LogP contribution in [0.5, 0.6) is 0 Å². The minimum atomic E-state index is -4.74. The number of carbonyl (C=O) groups is 11. The van der Waals surface area contributed by atoms with E-state index in [0.29, 0.717) is 37.7 Å². The number of fused-ring (bicyclic) bond motifs is 1. The molecular weight excluding hydrogens is 1200 g/mol. The summed E-state index contributed by atoms with van der Waals surface area (Å²) in [6.45, 7) is 7.53. The third-order valence-corrected chi connectivity index (χ3v) is 19.9. The van der Waals surface area contributed by atoms with Crippen LogP contribution in [0.15, 0.2) is 18.2 Å². The predicted molar refractivity (Wildman–Crippen MR) is 335 cm³/mol. The molecule has 6 rings (SSSR count). The number of aryl methyl sites for hydroxylation is 1. The number of halogens is 4. The van der Waals surface area contributed by atoms with E-state index in [9.17, 15) is 61.1 Å². The lowest BCUT2D eigenvalue weighted by atomic mass is 9.74. The average molecular weight is 1300 g/mol. The van der Waals surface area contributed by atoms with Crippen LogP contribution in [0.1, 0.15) is 168 Å². The number of likely N-dealkylation sites (N-methyl/N-ethyl adjacent to an activating group) is 6. The van der Waals surface area contributed by atoms with Crippen molar-refractivity contribution >= 4 is 76.6 Å². The molecular formula is C65H99ClF3N11O11. The molecule has 11 amide bonds. The Morgan fingerprint density at radius 1 is 0.648 bits per heavy atom. The van der Waals surface area contributed by atoms with Crippen LogP contribution in [0.4, 0.5) is 13.2 Å². The highest BCUT2D eigenvalue weighted by Gasteiger charge is 2.52. The fourth-order valence-corrected chi connectivity index (χ4v) is 14.0. The van der Waals surface area contributed by atoms with E-state index < -0.39 is 155 Å². The highest BCUT2D eigenvalue weighted by Crippen LogP contribution is 2.39. The van der Waals surface area contributed by atoms with Crippen molar-refractivity contribution in [1.29, 1.82) is 0 Å². The molecule has 2 aliphatic heterocycles. The van der Waals surface area contributed by atoms with Gasteiger partial charge in [0.05, 0.1) is 30.2 Å². The number of hydrogen-bond donors (Lipinski definition) is 4. The highest BCUT2D eigenvalue weighted by molar-refractivity contribution is 6.31. The van der Waals surface area contributed by atoms with Gasteiger partial charge < -0.3 is 55.6 Å². The third-order valence-electron chi connectivity index (χ3n) is 19.6. The van der Waals surface area contributed by atoms with Gasteiger partial charge in [0.2, 0.25) is 65.0 Å². The van der Waals surface area contributed by atoms with Crippen molar-refractivity contribution < 1.29 is 65.9 Å². The summed E-state index contributed by atoms with van der Waals surface area (Å²) in [6, 6.07) is -4.42. The van der Waals surface area contributed by atoms with Crippen LogP contribution in [-0.2, 0) is 65.3 Å². The predicted octanol–water partition coefficient (Wildman–Crippen LogP) is 5.31. The summed E-state index contributed by atoms with van der Waals surface area (Å²) >= 11 is 6.11. The minimum Gasteiger partial charge on any atom is -0.351 e. The molecule has 1 aromatic rings. The van der Waals surface area contributed by atoms with Crippen molar-refractivity contribution in [1.82, 2.24) is 55.6 Å². The van der Waals surface area contributed by atoms with Gasteiger partial charge in [-0.15, -0.1) is 0 Å².